The predicted molar refractivity (Wildman–Crippen MR) is 130 cm³/mol. The number of aliphatic imine (C=N–C) groups is 1. The number of nitrogens with one attached hydrogen (secondary N) is 3. The molecule has 2 rings (SSSR count). The van der Waals surface area contributed by atoms with Crippen LogP contribution in [-0.4, -0.2) is 38.0 Å². The van der Waals surface area contributed by atoms with E-state index in [4.69, 9.17) is 11.6 Å². The van der Waals surface area contributed by atoms with E-state index in [2.05, 4.69) is 45.4 Å². The van der Waals surface area contributed by atoms with Gasteiger partial charge in [0.2, 0.25) is 0 Å². The van der Waals surface area contributed by atoms with Crippen LogP contribution < -0.4 is 16.0 Å². The van der Waals surface area contributed by atoms with Gasteiger partial charge in [-0.1, -0.05) is 36.7 Å². The van der Waals surface area contributed by atoms with Gasteiger partial charge in [0.15, 0.2) is 5.96 Å². The fourth-order valence-corrected chi connectivity index (χ4v) is 3.61. The van der Waals surface area contributed by atoms with E-state index in [1.165, 1.54) is 4.88 Å². The second-order valence-corrected chi connectivity index (χ2v) is 7.71. The quantitative estimate of drug-likeness (QED) is 0.196. The van der Waals surface area contributed by atoms with Crippen molar-refractivity contribution in [3.05, 3.63) is 57.2 Å². The third-order valence-electron chi connectivity index (χ3n) is 3.86. The number of carbonyl (C=O) groups excluding carboxylic acids is 1. The fraction of sp³-hybridized carbons (Fsp3) is 0.400. The summed E-state index contributed by atoms with van der Waals surface area (Å²) in [6, 6.07) is 11.3. The molecule has 1 atom stereocenters. The van der Waals surface area contributed by atoms with Gasteiger partial charge in [0.25, 0.3) is 5.91 Å². The van der Waals surface area contributed by atoms with Gasteiger partial charge in [0.05, 0.1) is 10.6 Å². The number of nitrogens with zero attached hydrogens (tertiary/aromatic N) is 1. The zero-order chi connectivity index (χ0) is 19.5. The molecule has 0 saturated carbocycles. The first-order valence-corrected chi connectivity index (χ1v) is 10.4. The Morgan fingerprint density at radius 2 is 1.89 bits per heavy atom. The number of guanidine groups is 1. The van der Waals surface area contributed by atoms with E-state index in [1.54, 1.807) is 35.6 Å². The largest absolute Gasteiger partial charge is 0.357 e. The number of hydrogen-bond donors (Lipinski definition) is 3. The van der Waals surface area contributed by atoms with Crippen LogP contribution in [0, 0.1) is 5.92 Å². The summed E-state index contributed by atoms with van der Waals surface area (Å²) in [5.41, 5.74) is 0.488. The van der Waals surface area contributed by atoms with Crippen molar-refractivity contribution in [2.24, 2.45) is 10.9 Å². The van der Waals surface area contributed by atoms with Crippen molar-refractivity contribution >= 4 is 58.8 Å². The zero-order valence-corrected chi connectivity index (χ0v) is 20.1. The average Bonchev–Trinajstić information content (AvgIpc) is 3.16. The van der Waals surface area contributed by atoms with Crippen LogP contribution in [0.4, 0.5) is 0 Å². The first kappa shape index (κ1) is 24.7. The van der Waals surface area contributed by atoms with Gasteiger partial charge in [0.1, 0.15) is 0 Å². The van der Waals surface area contributed by atoms with Crippen molar-refractivity contribution in [3.8, 4) is 0 Å². The maximum Gasteiger partial charge on any atom is 0.252 e. The fourth-order valence-electron chi connectivity index (χ4n) is 2.52. The van der Waals surface area contributed by atoms with Crippen molar-refractivity contribution < 1.29 is 4.79 Å². The number of rotatable bonds is 9. The van der Waals surface area contributed by atoms with Gasteiger partial charge in [-0.3, -0.25) is 9.79 Å². The minimum atomic E-state index is -0.172. The van der Waals surface area contributed by atoms with Crippen LogP contribution in [0.3, 0.4) is 0 Å². The lowest BCUT2D eigenvalue weighted by molar-refractivity contribution is 0.0954. The minimum absolute atomic E-state index is 0. The van der Waals surface area contributed by atoms with Crippen LogP contribution in [-0.2, 0) is 6.42 Å². The summed E-state index contributed by atoms with van der Waals surface area (Å²) in [6.07, 6.45) is 1.04. The van der Waals surface area contributed by atoms with E-state index in [1.807, 2.05) is 6.92 Å². The Labute approximate surface area is 193 Å². The van der Waals surface area contributed by atoms with Crippen molar-refractivity contribution in [2.45, 2.75) is 20.3 Å². The highest BCUT2D eigenvalue weighted by molar-refractivity contribution is 14.0. The molecule has 5 nitrogen and oxygen atoms in total. The molecule has 0 aliphatic rings. The molecule has 1 heterocycles. The Balaban J connectivity index is 0.00000392. The lowest BCUT2D eigenvalue weighted by Gasteiger charge is -2.14. The molecular formula is C20H28ClIN4OS. The van der Waals surface area contributed by atoms with E-state index in [-0.39, 0.29) is 29.9 Å². The molecule has 0 fully saturated rings. The molecule has 1 amide bonds. The summed E-state index contributed by atoms with van der Waals surface area (Å²) in [5, 5.41) is 11.9. The monoisotopic (exact) mass is 534 g/mol. The Morgan fingerprint density at radius 3 is 2.57 bits per heavy atom. The van der Waals surface area contributed by atoms with Crippen molar-refractivity contribution in [3.63, 3.8) is 0 Å². The smallest absolute Gasteiger partial charge is 0.252 e. The van der Waals surface area contributed by atoms with Crippen LogP contribution in [0.25, 0.3) is 0 Å². The first-order chi connectivity index (χ1) is 13.1. The number of thiophene rings is 1. The van der Waals surface area contributed by atoms with Gasteiger partial charge in [0, 0.05) is 31.1 Å². The molecule has 1 aromatic heterocycles. The summed E-state index contributed by atoms with van der Waals surface area (Å²) < 4.78 is 0. The molecule has 154 valence electrons. The maximum absolute atomic E-state index is 12.1. The van der Waals surface area contributed by atoms with Crippen LogP contribution in [0.5, 0.6) is 0 Å². The van der Waals surface area contributed by atoms with Gasteiger partial charge in [-0.25, -0.2) is 0 Å². The summed E-state index contributed by atoms with van der Waals surface area (Å²) >= 11 is 7.83. The van der Waals surface area contributed by atoms with Gasteiger partial charge in [-0.05, 0) is 42.8 Å². The third kappa shape index (κ3) is 8.79. The molecule has 2 aromatic rings. The zero-order valence-electron chi connectivity index (χ0n) is 16.2. The highest BCUT2D eigenvalue weighted by Crippen LogP contribution is 2.15. The van der Waals surface area contributed by atoms with E-state index in [9.17, 15) is 4.79 Å². The Kier molecular flexibility index (Phi) is 12.2. The lowest BCUT2D eigenvalue weighted by atomic mass is 10.1. The average molecular weight is 535 g/mol. The van der Waals surface area contributed by atoms with Gasteiger partial charge in [-0.2, -0.15) is 0 Å². The van der Waals surface area contributed by atoms with Crippen LogP contribution in [0.1, 0.15) is 29.1 Å². The molecule has 1 aromatic carbocycles. The first-order valence-electron chi connectivity index (χ1n) is 9.17. The molecule has 0 saturated heterocycles. The second kappa shape index (κ2) is 13.8. The summed E-state index contributed by atoms with van der Waals surface area (Å²) in [4.78, 5) is 18.2. The van der Waals surface area contributed by atoms with Crippen LogP contribution in [0.15, 0.2) is 46.8 Å². The van der Waals surface area contributed by atoms with Crippen LogP contribution >= 0.6 is 46.9 Å². The standard InChI is InChI=1S/C20H27ClN4OS.HI/c1-3-22-20(25-14-15(2)13-16-7-6-12-27-16)24-11-10-23-19(26)17-8-4-5-9-18(17)21;/h4-9,12,15H,3,10-11,13-14H2,1-2H3,(H,23,26)(H2,22,24,25);1H. The minimum Gasteiger partial charge on any atom is -0.357 e. The van der Waals surface area contributed by atoms with Gasteiger partial charge in [-0.15, -0.1) is 35.3 Å². The molecule has 8 heteroatoms. The molecule has 1 unspecified atom stereocenters. The highest BCUT2D eigenvalue weighted by Gasteiger charge is 2.09. The molecule has 0 aliphatic heterocycles. The maximum atomic E-state index is 12.1. The van der Waals surface area contributed by atoms with E-state index < -0.39 is 0 Å². The highest BCUT2D eigenvalue weighted by atomic mass is 127. The Bertz CT molecular complexity index is 740. The number of halogens is 2. The Hall–Kier alpha value is -1.32. The molecule has 0 bridgehead atoms. The number of amides is 1. The van der Waals surface area contributed by atoms with E-state index in [0.717, 1.165) is 25.5 Å². The number of hydrogen-bond acceptors (Lipinski definition) is 3. The van der Waals surface area contributed by atoms with Gasteiger partial charge < -0.3 is 16.0 Å². The topological polar surface area (TPSA) is 65.5 Å². The molecule has 28 heavy (non-hydrogen) atoms. The molecule has 0 aliphatic carbocycles. The summed E-state index contributed by atoms with van der Waals surface area (Å²) in [7, 11) is 0. The Morgan fingerprint density at radius 1 is 1.14 bits per heavy atom. The molecular weight excluding hydrogens is 507 g/mol. The molecule has 3 N–H and O–H groups in total. The summed E-state index contributed by atoms with van der Waals surface area (Å²) in [6.45, 7) is 6.85. The SMILES string of the molecule is CCNC(=NCC(C)Cc1cccs1)NCCNC(=O)c1ccccc1Cl.I. The molecule has 0 spiro atoms. The van der Waals surface area contributed by atoms with Crippen LogP contribution in [0.2, 0.25) is 5.02 Å². The van der Waals surface area contributed by atoms with E-state index >= 15 is 0 Å². The van der Waals surface area contributed by atoms with Crippen molar-refractivity contribution in [1.82, 2.24) is 16.0 Å². The third-order valence-corrected chi connectivity index (χ3v) is 5.08. The normalized spacial score (nSPS) is 12.0. The number of benzene rings is 1. The lowest BCUT2D eigenvalue weighted by Crippen LogP contribution is -2.41. The predicted octanol–water partition coefficient (Wildman–Crippen LogP) is 4.18. The summed E-state index contributed by atoms with van der Waals surface area (Å²) in [5.74, 6) is 1.07. The second-order valence-electron chi connectivity index (χ2n) is 6.27. The van der Waals surface area contributed by atoms with Gasteiger partial charge >= 0.3 is 0 Å². The number of carbonyl (C=O) groups is 1. The molecule has 0 radical (unpaired) electrons. The van der Waals surface area contributed by atoms with Crippen molar-refractivity contribution in [2.75, 3.05) is 26.2 Å². The van der Waals surface area contributed by atoms with Crippen molar-refractivity contribution in [1.29, 1.82) is 0 Å². The van der Waals surface area contributed by atoms with E-state index in [0.29, 0.717) is 29.6 Å².